The van der Waals surface area contributed by atoms with Gasteiger partial charge in [-0.05, 0) is 18.6 Å². The summed E-state index contributed by atoms with van der Waals surface area (Å²) >= 11 is 0. The molecule has 0 aliphatic heterocycles. The maximum absolute atomic E-state index is 13.0. The van der Waals surface area contributed by atoms with Gasteiger partial charge < -0.3 is 15.7 Å². The molecule has 2 unspecified atom stereocenters. The fourth-order valence-electron chi connectivity index (χ4n) is 2.09. The van der Waals surface area contributed by atoms with Gasteiger partial charge in [-0.1, -0.05) is 25.1 Å². The maximum Gasteiger partial charge on any atom is 0.416 e. The molecule has 0 aliphatic carbocycles. The third-order valence-electron chi connectivity index (χ3n) is 3.49. The molecule has 0 aromatic heterocycles. The standard InChI is InChI=1S/C15H19F3N2O3/c1-9(10(2)20-14(23)19-8-7-13(21)22)11-5-3-4-6-12(11)15(16,17)18/h3-6,9-10H,7-8H2,1-2H3,(H,21,22)(H2,19,20,23). The highest BCUT2D eigenvalue weighted by atomic mass is 19.4. The lowest BCUT2D eigenvalue weighted by Gasteiger charge is -2.24. The summed E-state index contributed by atoms with van der Waals surface area (Å²) in [5, 5.41) is 13.3. The van der Waals surface area contributed by atoms with Gasteiger partial charge in [0.05, 0.1) is 12.0 Å². The molecule has 5 nitrogen and oxygen atoms in total. The van der Waals surface area contributed by atoms with Crippen LogP contribution in [0.3, 0.4) is 0 Å². The molecule has 0 aliphatic rings. The van der Waals surface area contributed by atoms with Crippen LogP contribution in [0.4, 0.5) is 18.0 Å². The summed E-state index contributed by atoms with van der Waals surface area (Å²) in [7, 11) is 0. The number of alkyl halides is 3. The molecule has 2 amide bonds. The number of carboxylic acid groups (broad SMARTS) is 1. The van der Waals surface area contributed by atoms with Crippen LogP contribution in [0.15, 0.2) is 24.3 Å². The Kier molecular flexibility index (Phi) is 6.41. The number of carbonyl (C=O) groups is 2. The Bertz CT molecular complexity index is 561. The van der Waals surface area contributed by atoms with Crippen LogP contribution < -0.4 is 10.6 Å². The van der Waals surface area contributed by atoms with Gasteiger partial charge in [-0.3, -0.25) is 4.79 Å². The molecule has 0 spiro atoms. The third-order valence-corrected chi connectivity index (χ3v) is 3.49. The number of halogens is 3. The van der Waals surface area contributed by atoms with Gasteiger partial charge in [0, 0.05) is 18.5 Å². The SMILES string of the molecule is CC(NC(=O)NCCC(=O)O)C(C)c1ccccc1C(F)(F)F. The van der Waals surface area contributed by atoms with Gasteiger partial charge in [-0.2, -0.15) is 13.2 Å². The minimum Gasteiger partial charge on any atom is -0.481 e. The van der Waals surface area contributed by atoms with E-state index in [0.29, 0.717) is 0 Å². The van der Waals surface area contributed by atoms with Crippen molar-refractivity contribution in [2.24, 2.45) is 0 Å². The summed E-state index contributed by atoms with van der Waals surface area (Å²) in [5.41, 5.74) is -0.634. The van der Waals surface area contributed by atoms with Gasteiger partial charge >= 0.3 is 18.2 Å². The van der Waals surface area contributed by atoms with E-state index in [1.165, 1.54) is 18.2 Å². The average molecular weight is 332 g/mol. The smallest absolute Gasteiger partial charge is 0.416 e. The highest BCUT2D eigenvalue weighted by Crippen LogP contribution is 2.35. The molecule has 3 N–H and O–H groups in total. The Morgan fingerprint density at radius 3 is 2.39 bits per heavy atom. The highest BCUT2D eigenvalue weighted by Gasteiger charge is 2.35. The Morgan fingerprint density at radius 2 is 1.83 bits per heavy atom. The first kappa shape index (κ1) is 18.8. The Labute approximate surface area is 131 Å². The number of carboxylic acids is 1. The van der Waals surface area contributed by atoms with E-state index in [0.717, 1.165) is 6.07 Å². The molecule has 128 valence electrons. The topological polar surface area (TPSA) is 78.4 Å². The van der Waals surface area contributed by atoms with Crippen molar-refractivity contribution in [3.8, 4) is 0 Å². The van der Waals surface area contributed by atoms with E-state index in [-0.39, 0.29) is 18.5 Å². The number of aliphatic carboxylic acids is 1. The molecule has 0 saturated heterocycles. The van der Waals surface area contributed by atoms with Crippen molar-refractivity contribution in [1.29, 1.82) is 0 Å². The van der Waals surface area contributed by atoms with Crippen LogP contribution in [0, 0.1) is 0 Å². The van der Waals surface area contributed by atoms with Crippen molar-refractivity contribution >= 4 is 12.0 Å². The van der Waals surface area contributed by atoms with E-state index in [1.54, 1.807) is 13.8 Å². The fraction of sp³-hybridized carbons (Fsp3) is 0.467. The molecule has 0 radical (unpaired) electrons. The second-order valence-electron chi connectivity index (χ2n) is 5.21. The molecular formula is C15H19F3N2O3. The number of amides is 2. The van der Waals surface area contributed by atoms with Crippen LogP contribution in [0.1, 0.15) is 37.3 Å². The molecule has 1 aromatic rings. The van der Waals surface area contributed by atoms with Crippen LogP contribution in [0.5, 0.6) is 0 Å². The summed E-state index contributed by atoms with van der Waals surface area (Å²) in [6.07, 6.45) is -4.69. The number of hydrogen-bond donors (Lipinski definition) is 3. The van der Waals surface area contributed by atoms with Crippen LogP contribution >= 0.6 is 0 Å². The normalized spacial score (nSPS) is 14.0. The third kappa shape index (κ3) is 5.80. The number of rotatable bonds is 6. The van der Waals surface area contributed by atoms with Gasteiger partial charge in [-0.15, -0.1) is 0 Å². The quantitative estimate of drug-likeness (QED) is 0.749. The van der Waals surface area contributed by atoms with Crippen molar-refractivity contribution in [2.45, 2.75) is 38.4 Å². The predicted molar refractivity (Wildman–Crippen MR) is 78.1 cm³/mol. The first-order chi connectivity index (χ1) is 10.6. The summed E-state index contributed by atoms with van der Waals surface area (Å²) in [4.78, 5) is 22.0. The molecule has 0 bridgehead atoms. The fourth-order valence-corrected chi connectivity index (χ4v) is 2.09. The summed E-state index contributed by atoms with van der Waals surface area (Å²) in [5.74, 6) is -1.62. The summed E-state index contributed by atoms with van der Waals surface area (Å²) < 4.78 is 39.1. The Hall–Kier alpha value is -2.25. The van der Waals surface area contributed by atoms with Crippen molar-refractivity contribution in [3.05, 3.63) is 35.4 Å². The van der Waals surface area contributed by atoms with E-state index in [4.69, 9.17) is 5.11 Å². The summed E-state index contributed by atoms with van der Waals surface area (Å²) in [6, 6.07) is 4.04. The Morgan fingerprint density at radius 1 is 1.22 bits per heavy atom. The van der Waals surface area contributed by atoms with Gasteiger partial charge in [0.1, 0.15) is 0 Å². The minimum absolute atomic E-state index is 0.0542. The van der Waals surface area contributed by atoms with Crippen molar-refractivity contribution in [3.63, 3.8) is 0 Å². The lowest BCUT2D eigenvalue weighted by molar-refractivity contribution is -0.138. The monoisotopic (exact) mass is 332 g/mol. The van der Waals surface area contributed by atoms with Crippen LogP contribution in [0.25, 0.3) is 0 Å². The lowest BCUT2D eigenvalue weighted by atomic mass is 9.90. The van der Waals surface area contributed by atoms with E-state index >= 15 is 0 Å². The first-order valence-corrected chi connectivity index (χ1v) is 7.05. The second-order valence-corrected chi connectivity index (χ2v) is 5.21. The number of urea groups is 1. The zero-order valence-electron chi connectivity index (χ0n) is 12.8. The maximum atomic E-state index is 13.0. The number of carbonyl (C=O) groups excluding carboxylic acids is 1. The van der Waals surface area contributed by atoms with Crippen molar-refractivity contribution in [2.75, 3.05) is 6.54 Å². The Balaban J connectivity index is 2.72. The largest absolute Gasteiger partial charge is 0.481 e. The van der Waals surface area contributed by atoms with Crippen molar-refractivity contribution < 1.29 is 27.9 Å². The van der Waals surface area contributed by atoms with Crippen LogP contribution in [0.2, 0.25) is 0 Å². The minimum atomic E-state index is -4.46. The average Bonchev–Trinajstić information content (AvgIpc) is 2.45. The number of benzene rings is 1. The molecule has 2 atom stereocenters. The first-order valence-electron chi connectivity index (χ1n) is 7.05. The summed E-state index contributed by atoms with van der Waals surface area (Å²) in [6.45, 7) is 3.13. The second kappa shape index (κ2) is 7.85. The molecule has 8 heteroatoms. The molecule has 0 saturated carbocycles. The lowest BCUT2D eigenvalue weighted by Crippen LogP contribution is -2.43. The molecule has 1 aromatic carbocycles. The predicted octanol–water partition coefficient (Wildman–Crippen LogP) is 2.97. The van der Waals surface area contributed by atoms with E-state index < -0.39 is 35.7 Å². The molecule has 0 heterocycles. The van der Waals surface area contributed by atoms with E-state index in [9.17, 15) is 22.8 Å². The number of nitrogens with one attached hydrogen (secondary N) is 2. The van der Waals surface area contributed by atoms with Gasteiger partial charge in [-0.25, -0.2) is 4.79 Å². The van der Waals surface area contributed by atoms with E-state index in [2.05, 4.69) is 10.6 Å². The van der Waals surface area contributed by atoms with Crippen LogP contribution in [-0.2, 0) is 11.0 Å². The zero-order chi connectivity index (χ0) is 17.6. The molecule has 0 fully saturated rings. The highest BCUT2D eigenvalue weighted by molar-refractivity contribution is 5.75. The van der Waals surface area contributed by atoms with E-state index in [1.807, 2.05) is 0 Å². The van der Waals surface area contributed by atoms with Gasteiger partial charge in [0.15, 0.2) is 0 Å². The number of hydrogen-bond acceptors (Lipinski definition) is 2. The molecule has 1 rings (SSSR count). The zero-order valence-corrected chi connectivity index (χ0v) is 12.8. The molecule has 23 heavy (non-hydrogen) atoms. The van der Waals surface area contributed by atoms with Gasteiger partial charge in [0.25, 0.3) is 0 Å². The van der Waals surface area contributed by atoms with Gasteiger partial charge in [0.2, 0.25) is 0 Å². The van der Waals surface area contributed by atoms with Crippen LogP contribution in [-0.4, -0.2) is 29.7 Å². The molecular weight excluding hydrogens is 313 g/mol. The van der Waals surface area contributed by atoms with Crippen molar-refractivity contribution in [1.82, 2.24) is 10.6 Å².